The van der Waals surface area contributed by atoms with Gasteiger partial charge in [-0.15, -0.1) is 11.3 Å². The Kier molecular flexibility index (Phi) is 4.97. The molecular formula is C18H19NO4S. The molecule has 3 rings (SSSR count). The number of carbonyl (C=O) groups excluding carboxylic acids is 2. The van der Waals surface area contributed by atoms with Gasteiger partial charge in [0.05, 0.1) is 18.6 Å². The summed E-state index contributed by atoms with van der Waals surface area (Å²) in [6.07, 6.45) is 0.112. The highest BCUT2D eigenvalue weighted by Gasteiger charge is 2.46. The lowest BCUT2D eigenvalue weighted by atomic mass is 9.99. The molecule has 2 heterocycles. The zero-order valence-electron chi connectivity index (χ0n) is 13.3. The Bertz CT molecular complexity index is 711. The van der Waals surface area contributed by atoms with Crippen LogP contribution in [0.5, 0.6) is 0 Å². The normalized spacial score (nSPS) is 20.4. The fourth-order valence-corrected chi connectivity index (χ4v) is 3.87. The van der Waals surface area contributed by atoms with Crippen LogP contribution in [-0.2, 0) is 14.3 Å². The molecule has 1 fully saturated rings. The molecule has 0 spiro atoms. The van der Waals surface area contributed by atoms with Gasteiger partial charge in [0.15, 0.2) is 0 Å². The number of esters is 1. The van der Waals surface area contributed by atoms with Crippen molar-refractivity contribution in [2.75, 3.05) is 18.1 Å². The number of anilines is 1. The Balaban J connectivity index is 1.96. The van der Waals surface area contributed by atoms with Crippen molar-refractivity contribution < 1.29 is 19.4 Å². The van der Waals surface area contributed by atoms with E-state index in [2.05, 4.69) is 0 Å². The average molecular weight is 345 g/mol. The number of thiophene rings is 1. The Morgan fingerprint density at radius 1 is 1.33 bits per heavy atom. The summed E-state index contributed by atoms with van der Waals surface area (Å²) >= 11 is 1.52. The molecule has 0 radical (unpaired) electrons. The zero-order valence-corrected chi connectivity index (χ0v) is 14.2. The molecule has 2 aromatic rings. The Morgan fingerprint density at radius 2 is 2.08 bits per heavy atom. The summed E-state index contributed by atoms with van der Waals surface area (Å²) in [4.78, 5) is 27.6. The second-order valence-electron chi connectivity index (χ2n) is 5.76. The molecule has 1 aliphatic heterocycles. The van der Waals surface area contributed by atoms with Gasteiger partial charge in [-0.2, -0.15) is 0 Å². The van der Waals surface area contributed by atoms with Gasteiger partial charge in [-0.3, -0.25) is 9.59 Å². The van der Waals surface area contributed by atoms with E-state index < -0.39 is 11.9 Å². The zero-order chi connectivity index (χ0) is 17.1. The maximum Gasteiger partial charge on any atom is 0.312 e. The molecule has 2 atom stereocenters. The number of ether oxygens (including phenoxy) is 1. The summed E-state index contributed by atoms with van der Waals surface area (Å²) in [6, 6.07) is 11.2. The van der Waals surface area contributed by atoms with E-state index in [4.69, 9.17) is 9.84 Å². The largest absolute Gasteiger partial charge is 0.463 e. The van der Waals surface area contributed by atoms with Crippen LogP contribution in [0, 0.1) is 12.8 Å². The molecule has 0 bridgehead atoms. The van der Waals surface area contributed by atoms with Crippen molar-refractivity contribution in [1.82, 2.24) is 0 Å². The highest BCUT2D eigenvalue weighted by Crippen LogP contribution is 2.43. The summed E-state index contributed by atoms with van der Waals surface area (Å²) in [6.45, 7) is 1.71. The van der Waals surface area contributed by atoms with Crippen molar-refractivity contribution >= 4 is 28.9 Å². The van der Waals surface area contributed by atoms with E-state index in [0.717, 1.165) is 16.1 Å². The van der Waals surface area contributed by atoms with Gasteiger partial charge < -0.3 is 14.7 Å². The maximum absolute atomic E-state index is 12.6. The van der Waals surface area contributed by atoms with E-state index in [0.29, 0.717) is 0 Å². The molecule has 1 N–H and O–H groups in total. The predicted molar refractivity (Wildman–Crippen MR) is 91.9 cm³/mol. The first kappa shape index (κ1) is 16.7. The third kappa shape index (κ3) is 3.20. The highest BCUT2D eigenvalue weighted by molar-refractivity contribution is 7.10. The fourth-order valence-electron chi connectivity index (χ4n) is 2.99. The lowest BCUT2D eigenvalue weighted by molar-refractivity contribution is -0.150. The first-order valence-corrected chi connectivity index (χ1v) is 8.69. The molecular weight excluding hydrogens is 326 g/mol. The smallest absolute Gasteiger partial charge is 0.312 e. The van der Waals surface area contributed by atoms with E-state index in [1.165, 1.54) is 11.3 Å². The van der Waals surface area contributed by atoms with E-state index >= 15 is 0 Å². The molecule has 24 heavy (non-hydrogen) atoms. The number of aliphatic hydroxyl groups excluding tert-OH is 1. The number of hydrogen-bond acceptors (Lipinski definition) is 5. The van der Waals surface area contributed by atoms with Crippen LogP contribution in [0.2, 0.25) is 0 Å². The fraction of sp³-hybridized carbons (Fsp3) is 0.333. The molecule has 1 aliphatic rings. The van der Waals surface area contributed by atoms with E-state index in [-0.39, 0.29) is 31.6 Å². The third-order valence-corrected chi connectivity index (χ3v) is 5.05. The summed E-state index contributed by atoms with van der Waals surface area (Å²) in [5.74, 6) is -1.10. The minimum Gasteiger partial charge on any atom is -0.463 e. The molecule has 1 aromatic carbocycles. The van der Waals surface area contributed by atoms with Crippen LogP contribution >= 0.6 is 11.3 Å². The standard InChI is InChI=1S/C18H19NO4S/c1-12-4-6-13(7-5-12)19-16(21)11-14(18(22)23-9-8-20)17(19)15-3-2-10-24-15/h2-7,10,14,17,20H,8-9,11H2,1H3/t14-,17+/m1/s1. The van der Waals surface area contributed by atoms with Crippen LogP contribution in [0.1, 0.15) is 22.9 Å². The third-order valence-electron chi connectivity index (χ3n) is 4.11. The quantitative estimate of drug-likeness (QED) is 0.846. The van der Waals surface area contributed by atoms with Gasteiger partial charge >= 0.3 is 5.97 Å². The molecule has 1 amide bonds. The molecule has 6 heteroatoms. The van der Waals surface area contributed by atoms with Gasteiger partial charge in [0.2, 0.25) is 5.91 Å². The monoisotopic (exact) mass is 345 g/mol. The van der Waals surface area contributed by atoms with Crippen molar-refractivity contribution in [2.24, 2.45) is 5.92 Å². The van der Waals surface area contributed by atoms with Crippen LogP contribution in [-0.4, -0.2) is 30.2 Å². The van der Waals surface area contributed by atoms with Gasteiger partial charge in [0.25, 0.3) is 0 Å². The Morgan fingerprint density at radius 3 is 2.71 bits per heavy atom. The number of nitrogens with zero attached hydrogens (tertiary/aromatic N) is 1. The van der Waals surface area contributed by atoms with E-state index in [1.807, 2.05) is 48.7 Å². The van der Waals surface area contributed by atoms with Crippen LogP contribution in [0.4, 0.5) is 5.69 Å². The van der Waals surface area contributed by atoms with Crippen molar-refractivity contribution in [3.63, 3.8) is 0 Å². The van der Waals surface area contributed by atoms with Gasteiger partial charge in [0.1, 0.15) is 6.61 Å². The van der Waals surface area contributed by atoms with Gasteiger partial charge in [0, 0.05) is 17.0 Å². The molecule has 1 saturated heterocycles. The summed E-state index contributed by atoms with van der Waals surface area (Å²) in [5.41, 5.74) is 1.89. The minimum atomic E-state index is -0.566. The second kappa shape index (κ2) is 7.15. The average Bonchev–Trinajstić information content (AvgIpc) is 3.21. The van der Waals surface area contributed by atoms with Gasteiger partial charge in [-0.1, -0.05) is 23.8 Å². The molecule has 126 valence electrons. The Hall–Kier alpha value is -2.18. The maximum atomic E-state index is 12.6. The molecule has 0 unspecified atom stereocenters. The molecule has 0 aliphatic carbocycles. The molecule has 1 aromatic heterocycles. The summed E-state index contributed by atoms with van der Waals surface area (Å²) in [7, 11) is 0. The van der Waals surface area contributed by atoms with Crippen LogP contribution in [0.3, 0.4) is 0 Å². The first-order chi connectivity index (χ1) is 11.6. The van der Waals surface area contributed by atoms with Crippen LogP contribution < -0.4 is 4.90 Å². The highest BCUT2D eigenvalue weighted by atomic mass is 32.1. The lowest BCUT2D eigenvalue weighted by Crippen LogP contribution is -2.30. The number of aryl methyl sites for hydroxylation is 1. The number of amides is 1. The summed E-state index contributed by atoms with van der Waals surface area (Å²) < 4.78 is 5.09. The number of benzene rings is 1. The predicted octanol–water partition coefficient (Wildman–Crippen LogP) is 2.69. The van der Waals surface area contributed by atoms with Crippen molar-refractivity contribution in [3.8, 4) is 0 Å². The van der Waals surface area contributed by atoms with E-state index in [1.54, 1.807) is 4.90 Å². The van der Waals surface area contributed by atoms with Crippen molar-refractivity contribution in [3.05, 3.63) is 52.2 Å². The topological polar surface area (TPSA) is 66.8 Å². The van der Waals surface area contributed by atoms with Crippen LogP contribution in [0.25, 0.3) is 0 Å². The van der Waals surface area contributed by atoms with Gasteiger partial charge in [-0.05, 0) is 30.5 Å². The number of rotatable bonds is 5. The van der Waals surface area contributed by atoms with Crippen LogP contribution in [0.15, 0.2) is 41.8 Å². The van der Waals surface area contributed by atoms with E-state index in [9.17, 15) is 9.59 Å². The van der Waals surface area contributed by atoms with Crippen molar-refractivity contribution in [1.29, 1.82) is 0 Å². The molecule has 0 saturated carbocycles. The van der Waals surface area contributed by atoms with Gasteiger partial charge in [-0.25, -0.2) is 0 Å². The SMILES string of the molecule is Cc1ccc(N2C(=O)C[C@@H](C(=O)OCCO)[C@H]2c2cccs2)cc1. The van der Waals surface area contributed by atoms with Crippen molar-refractivity contribution in [2.45, 2.75) is 19.4 Å². The molecule has 5 nitrogen and oxygen atoms in total. The number of aliphatic hydroxyl groups is 1. The first-order valence-electron chi connectivity index (χ1n) is 7.81. The Labute approximate surface area is 144 Å². The lowest BCUT2D eigenvalue weighted by Gasteiger charge is -2.27. The number of carbonyl (C=O) groups is 2. The second-order valence-corrected chi connectivity index (χ2v) is 6.74. The minimum absolute atomic E-state index is 0.0504. The number of hydrogen-bond donors (Lipinski definition) is 1. The summed E-state index contributed by atoms with van der Waals surface area (Å²) in [5, 5.41) is 10.8.